The maximum atomic E-state index is 13.3. The van der Waals surface area contributed by atoms with Gasteiger partial charge in [-0.1, -0.05) is 140 Å². The van der Waals surface area contributed by atoms with E-state index in [1.807, 2.05) is 24.3 Å². The summed E-state index contributed by atoms with van der Waals surface area (Å²) in [4.78, 5) is 10.8. The normalized spacial score (nSPS) is 11.9. The van der Waals surface area contributed by atoms with E-state index in [0.29, 0.717) is 0 Å². The van der Waals surface area contributed by atoms with Crippen molar-refractivity contribution in [2.24, 2.45) is 0 Å². The number of hydrogen-bond donors (Lipinski definition) is 0. The van der Waals surface area contributed by atoms with E-state index < -0.39 is 12.6 Å². The highest BCUT2D eigenvalue weighted by molar-refractivity contribution is 6.13. The van der Waals surface area contributed by atoms with Gasteiger partial charge in [0.25, 0.3) is 0 Å². The van der Waals surface area contributed by atoms with Crippen molar-refractivity contribution in [1.29, 1.82) is 0 Å². The third-order valence-corrected chi connectivity index (χ3v) is 10.2. The molecule has 0 spiro atoms. The molecule has 0 aliphatic rings. The van der Waals surface area contributed by atoms with Gasteiger partial charge in [0.15, 0.2) is 0 Å². The highest BCUT2D eigenvalue weighted by Crippen LogP contribution is 2.40. The molecule has 0 radical (unpaired) electrons. The van der Waals surface area contributed by atoms with Gasteiger partial charge in [-0.05, 0) is 85.6 Å². The molecule has 0 unspecified atom stereocenters. The van der Waals surface area contributed by atoms with Crippen LogP contribution in [0.5, 0.6) is 0 Å². The van der Waals surface area contributed by atoms with Gasteiger partial charge in [-0.3, -0.25) is 0 Å². The van der Waals surface area contributed by atoms with Gasteiger partial charge in [-0.25, -0.2) is 9.97 Å². The number of nitrogens with zero attached hydrogens (tertiary/aromatic N) is 2. The number of aryl methyl sites for hydroxylation is 1. The van der Waals surface area contributed by atoms with Gasteiger partial charge in [-0.2, -0.15) is 13.2 Å². The van der Waals surface area contributed by atoms with Crippen molar-refractivity contribution in [3.63, 3.8) is 0 Å². The molecule has 9 aromatic rings. The van der Waals surface area contributed by atoms with E-state index in [1.165, 1.54) is 5.56 Å². The van der Waals surface area contributed by atoms with Crippen molar-refractivity contribution in [2.75, 3.05) is 0 Å². The van der Waals surface area contributed by atoms with Crippen molar-refractivity contribution in [3.05, 3.63) is 169 Å². The molecule has 256 valence electrons. The summed E-state index contributed by atoms with van der Waals surface area (Å²) in [5.74, 6) is 0. The Morgan fingerprint density at radius 3 is 1.28 bits per heavy atom. The molecule has 0 aliphatic carbocycles. The molecule has 7 aromatic carbocycles. The molecule has 0 atom stereocenters. The summed E-state index contributed by atoms with van der Waals surface area (Å²) < 4.78 is 39.8. The molecule has 53 heavy (non-hydrogen) atoms. The first-order chi connectivity index (χ1) is 25.8. The van der Waals surface area contributed by atoms with Gasteiger partial charge in [0.1, 0.15) is 0 Å². The second-order valence-electron chi connectivity index (χ2n) is 13.6. The van der Waals surface area contributed by atoms with Crippen LogP contribution in [0.25, 0.3) is 88.1 Å². The second-order valence-corrected chi connectivity index (χ2v) is 13.6. The van der Waals surface area contributed by atoms with E-state index in [9.17, 15) is 13.2 Å². The first-order valence-electron chi connectivity index (χ1n) is 17.8. The van der Waals surface area contributed by atoms with E-state index in [1.54, 1.807) is 24.3 Å². The molecular formula is C48H33F3N2. The number of aromatic nitrogens is 2. The number of rotatable bonds is 6. The van der Waals surface area contributed by atoms with Gasteiger partial charge in [-0.15, -0.1) is 0 Å². The predicted molar refractivity (Wildman–Crippen MR) is 213 cm³/mol. The summed E-state index contributed by atoms with van der Waals surface area (Å²) in [6.07, 6.45) is -4.30. The third kappa shape index (κ3) is 6.29. The molecular weight excluding hydrogens is 662 g/mol. The van der Waals surface area contributed by atoms with Crippen LogP contribution in [0.2, 0.25) is 0 Å². The monoisotopic (exact) mass is 694 g/mol. The topological polar surface area (TPSA) is 25.8 Å². The Kier molecular flexibility index (Phi) is 8.00. The fourth-order valence-electron chi connectivity index (χ4n) is 7.40. The number of fused-ring (bicyclic) bond motifs is 5. The van der Waals surface area contributed by atoms with Gasteiger partial charge in [0.05, 0.1) is 28.8 Å². The first kappa shape index (κ1) is 32.6. The predicted octanol–water partition coefficient (Wildman–Crippen LogP) is 13.4. The summed E-state index contributed by atoms with van der Waals surface area (Å²) in [6, 6.07) is 53.1. The van der Waals surface area contributed by atoms with Gasteiger partial charge in [0.2, 0.25) is 0 Å². The molecule has 2 heterocycles. The summed E-state index contributed by atoms with van der Waals surface area (Å²) >= 11 is 0. The molecule has 0 saturated heterocycles. The minimum absolute atomic E-state index is 0.222. The number of benzene rings is 7. The fraction of sp³-hybridized carbons (Fsp3) is 0.0833. The molecule has 0 bridgehead atoms. The zero-order valence-corrected chi connectivity index (χ0v) is 29.0. The molecule has 0 fully saturated rings. The summed E-state index contributed by atoms with van der Waals surface area (Å²) in [6.45, 7) is 2.15. The van der Waals surface area contributed by atoms with Crippen LogP contribution in [0, 0.1) is 0 Å². The van der Waals surface area contributed by atoms with Crippen molar-refractivity contribution in [1.82, 2.24) is 9.97 Å². The fourth-order valence-corrected chi connectivity index (χ4v) is 7.40. The molecule has 0 aliphatic heterocycles. The van der Waals surface area contributed by atoms with E-state index in [-0.39, 0.29) is 5.56 Å². The molecule has 0 amide bonds. The van der Waals surface area contributed by atoms with E-state index in [0.717, 1.165) is 94.5 Å². The highest BCUT2D eigenvalue weighted by Gasteiger charge is 2.27. The van der Waals surface area contributed by atoms with E-state index in [4.69, 9.17) is 9.97 Å². The lowest BCUT2D eigenvalue weighted by atomic mass is 9.92. The smallest absolute Gasteiger partial charge is 0.245 e. The highest BCUT2D eigenvalue weighted by atomic mass is 19.4. The molecule has 2 aromatic heterocycles. The number of halogens is 3. The average molecular weight is 695 g/mol. The summed E-state index contributed by atoms with van der Waals surface area (Å²) in [5, 5.41) is 6.36. The largest absolute Gasteiger partial charge is 0.393 e. The van der Waals surface area contributed by atoms with Crippen LogP contribution in [0.4, 0.5) is 13.2 Å². The van der Waals surface area contributed by atoms with Crippen molar-refractivity contribution < 1.29 is 13.2 Å². The van der Waals surface area contributed by atoms with Crippen molar-refractivity contribution in [2.45, 2.75) is 25.9 Å². The Hall–Kier alpha value is -6.33. The van der Waals surface area contributed by atoms with Crippen LogP contribution in [-0.2, 0) is 12.8 Å². The Bertz CT molecular complexity index is 2820. The average Bonchev–Trinajstić information content (AvgIpc) is 3.19. The van der Waals surface area contributed by atoms with Crippen LogP contribution < -0.4 is 0 Å². The molecule has 2 nitrogen and oxygen atoms in total. The van der Waals surface area contributed by atoms with Crippen LogP contribution in [0.3, 0.4) is 0 Å². The zero-order chi connectivity index (χ0) is 36.1. The minimum Gasteiger partial charge on any atom is -0.245 e. The number of alkyl halides is 3. The lowest BCUT2D eigenvalue weighted by Crippen LogP contribution is -2.11. The van der Waals surface area contributed by atoms with Crippen molar-refractivity contribution in [3.8, 4) is 44.8 Å². The van der Waals surface area contributed by atoms with Crippen LogP contribution in [-0.4, -0.2) is 16.1 Å². The lowest BCUT2D eigenvalue weighted by Gasteiger charge is -2.16. The molecule has 9 rings (SSSR count). The number of hydrogen-bond acceptors (Lipinski definition) is 2. The molecule has 0 N–H and O–H groups in total. The summed E-state index contributed by atoms with van der Waals surface area (Å²) in [7, 11) is 0. The van der Waals surface area contributed by atoms with Crippen LogP contribution >= 0.6 is 0 Å². The summed E-state index contributed by atoms with van der Waals surface area (Å²) in [5.41, 5.74) is 10.4. The number of pyridine rings is 2. The van der Waals surface area contributed by atoms with Gasteiger partial charge in [0, 0.05) is 21.9 Å². The van der Waals surface area contributed by atoms with Gasteiger partial charge >= 0.3 is 6.18 Å². The van der Waals surface area contributed by atoms with E-state index in [2.05, 4.69) is 116 Å². The Morgan fingerprint density at radius 2 is 0.849 bits per heavy atom. The quantitative estimate of drug-likeness (QED) is 0.162. The molecule has 5 heteroatoms. The SMILES string of the molecule is CCc1ccc(-c2cc(-c3ccc4ccccc4c3)nc3c2ccc2c(-c4ccc(CC(F)(F)F)cc4)cc(-c4ccc5ccccc5c4)nc23)cc1. The maximum absolute atomic E-state index is 13.3. The Balaban J connectivity index is 1.33. The van der Waals surface area contributed by atoms with Crippen LogP contribution in [0.1, 0.15) is 18.1 Å². The zero-order valence-electron chi connectivity index (χ0n) is 29.0. The second kappa shape index (κ2) is 13.0. The van der Waals surface area contributed by atoms with Crippen LogP contribution in [0.15, 0.2) is 158 Å². The lowest BCUT2D eigenvalue weighted by molar-refractivity contribution is -0.127. The van der Waals surface area contributed by atoms with E-state index >= 15 is 0 Å². The first-order valence-corrected chi connectivity index (χ1v) is 17.8. The Morgan fingerprint density at radius 1 is 0.434 bits per heavy atom. The Labute approximate surface area is 305 Å². The van der Waals surface area contributed by atoms with Gasteiger partial charge < -0.3 is 0 Å². The maximum Gasteiger partial charge on any atom is 0.393 e. The van der Waals surface area contributed by atoms with Crippen molar-refractivity contribution >= 4 is 43.4 Å². The minimum atomic E-state index is -4.28. The third-order valence-electron chi connectivity index (χ3n) is 10.2. The molecule has 0 saturated carbocycles. The standard InChI is InChI=1S/C48H33F3N2/c1-2-30-11-15-34(16-12-30)42-27-44(38-21-19-32-7-3-5-9-36(32)25-38)52-46-40(42)23-24-41-43(35-17-13-31(14-18-35)29-48(49,50)51)28-45(53-47(41)46)39-22-20-33-8-4-6-10-37(33)26-39/h3-28H,2,29H2,1H3.